The molecule has 0 saturated carbocycles. The normalized spacial score (nSPS) is 11.4. The molecule has 0 aliphatic carbocycles. The quantitative estimate of drug-likeness (QED) is 0.770. The fourth-order valence-corrected chi connectivity index (χ4v) is 1.90. The van der Waals surface area contributed by atoms with Crippen LogP contribution in [0.25, 0.3) is 6.08 Å². The van der Waals surface area contributed by atoms with Crippen molar-refractivity contribution < 1.29 is 14.3 Å². The van der Waals surface area contributed by atoms with Crippen molar-refractivity contribution in [3.63, 3.8) is 0 Å². The van der Waals surface area contributed by atoms with Crippen LogP contribution in [0.1, 0.15) is 31.4 Å². The largest absolute Gasteiger partial charge is 0.478 e. The third kappa shape index (κ3) is 5.22. The Morgan fingerprint density at radius 1 is 1.42 bits per heavy atom. The van der Waals surface area contributed by atoms with E-state index in [2.05, 4.69) is 18.7 Å². The van der Waals surface area contributed by atoms with Gasteiger partial charge in [0.1, 0.15) is 5.82 Å². The van der Waals surface area contributed by atoms with Gasteiger partial charge in [-0.25, -0.2) is 9.18 Å². The maximum absolute atomic E-state index is 13.5. The molecule has 4 heteroatoms. The van der Waals surface area contributed by atoms with Crippen molar-refractivity contribution in [3.05, 3.63) is 41.2 Å². The van der Waals surface area contributed by atoms with E-state index in [0.29, 0.717) is 5.56 Å². The molecule has 1 rings (SSSR count). The first-order valence-electron chi connectivity index (χ1n) is 6.48. The molecule has 0 fully saturated rings. The Kier molecular flexibility index (Phi) is 6.22. The molecular formula is C15H20FNO2. The van der Waals surface area contributed by atoms with Gasteiger partial charge in [-0.15, -0.1) is 0 Å². The average molecular weight is 265 g/mol. The Morgan fingerprint density at radius 2 is 2.16 bits per heavy atom. The second kappa shape index (κ2) is 7.69. The van der Waals surface area contributed by atoms with Gasteiger partial charge in [0, 0.05) is 18.2 Å². The van der Waals surface area contributed by atoms with E-state index in [-0.39, 0.29) is 0 Å². The zero-order chi connectivity index (χ0) is 14.3. The predicted octanol–water partition coefficient (Wildman–Crippen LogP) is 3.16. The summed E-state index contributed by atoms with van der Waals surface area (Å²) in [5.41, 5.74) is 1.30. The van der Waals surface area contributed by atoms with Gasteiger partial charge >= 0.3 is 5.97 Å². The van der Waals surface area contributed by atoms with Crippen molar-refractivity contribution in [1.82, 2.24) is 4.90 Å². The molecule has 0 aliphatic rings. The van der Waals surface area contributed by atoms with E-state index in [1.807, 2.05) is 0 Å². The maximum atomic E-state index is 13.5. The molecule has 0 heterocycles. The van der Waals surface area contributed by atoms with Gasteiger partial charge in [0.25, 0.3) is 0 Å². The zero-order valence-electron chi connectivity index (χ0n) is 11.4. The summed E-state index contributed by atoms with van der Waals surface area (Å²) >= 11 is 0. The molecule has 0 bridgehead atoms. The number of nitrogens with zero attached hydrogens (tertiary/aromatic N) is 1. The first kappa shape index (κ1) is 15.4. The van der Waals surface area contributed by atoms with Crippen LogP contribution in [0.2, 0.25) is 0 Å². The number of carboxylic acid groups (broad SMARTS) is 1. The van der Waals surface area contributed by atoms with Crippen LogP contribution in [0.4, 0.5) is 4.39 Å². The highest BCUT2D eigenvalue weighted by Gasteiger charge is 2.05. The highest BCUT2D eigenvalue weighted by atomic mass is 19.1. The van der Waals surface area contributed by atoms with E-state index in [0.717, 1.165) is 37.7 Å². The maximum Gasteiger partial charge on any atom is 0.328 e. The van der Waals surface area contributed by atoms with E-state index in [9.17, 15) is 9.18 Å². The molecule has 0 unspecified atom stereocenters. The fourth-order valence-electron chi connectivity index (χ4n) is 1.90. The summed E-state index contributed by atoms with van der Waals surface area (Å²) < 4.78 is 13.5. The molecule has 0 saturated heterocycles. The van der Waals surface area contributed by atoms with Crippen LogP contribution in [-0.4, -0.2) is 29.1 Å². The molecule has 0 atom stereocenters. The minimum atomic E-state index is -1.08. The first-order chi connectivity index (χ1) is 9.06. The molecule has 1 N–H and O–H groups in total. The van der Waals surface area contributed by atoms with Gasteiger partial charge in [-0.2, -0.15) is 0 Å². The van der Waals surface area contributed by atoms with E-state index in [4.69, 9.17) is 5.11 Å². The van der Waals surface area contributed by atoms with Gasteiger partial charge < -0.3 is 5.11 Å². The summed E-state index contributed by atoms with van der Waals surface area (Å²) in [5.74, 6) is -1.48. The lowest BCUT2D eigenvalue weighted by Gasteiger charge is -2.19. The summed E-state index contributed by atoms with van der Waals surface area (Å²) in [7, 11) is 0. The van der Waals surface area contributed by atoms with Gasteiger partial charge in [0.15, 0.2) is 0 Å². The molecule has 0 aromatic heterocycles. The van der Waals surface area contributed by atoms with Crippen molar-refractivity contribution in [3.8, 4) is 0 Å². The van der Waals surface area contributed by atoms with Gasteiger partial charge in [0.2, 0.25) is 0 Å². The summed E-state index contributed by atoms with van der Waals surface area (Å²) in [4.78, 5) is 12.7. The lowest BCUT2D eigenvalue weighted by atomic mass is 10.1. The van der Waals surface area contributed by atoms with Crippen molar-refractivity contribution in [1.29, 1.82) is 0 Å². The molecule has 0 spiro atoms. The number of hydrogen-bond acceptors (Lipinski definition) is 2. The third-order valence-electron chi connectivity index (χ3n) is 2.86. The SMILES string of the molecule is CCCN(CC)Cc1ccc(F)c(/C=C/C(=O)O)c1. The van der Waals surface area contributed by atoms with Crippen molar-refractivity contribution in [2.24, 2.45) is 0 Å². The zero-order valence-corrected chi connectivity index (χ0v) is 11.4. The molecule has 19 heavy (non-hydrogen) atoms. The van der Waals surface area contributed by atoms with Crippen LogP contribution >= 0.6 is 0 Å². The standard InChI is InChI=1S/C15H20FNO2/c1-3-9-17(4-2)11-12-5-7-14(16)13(10-12)6-8-15(18)19/h5-8,10H,3-4,9,11H2,1-2H3,(H,18,19)/b8-6+. The molecule has 0 aliphatic heterocycles. The minimum absolute atomic E-state index is 0.312. The number of rotatable bonds is 7. The number of carbonyl (C=O) groups is 1. The molecule has 0 radical (unpaired) electrons. The Morgan fingerprint density at radius 3 is 2.74 bits per heavy atom. The van der Waals surface area contributed by atoms with Gasteiger partial charge in [-0.1, -0.05) is 19.9 Å². The summed E-state index contributed by atoms with van der Waals surface area (Å²) in [6, 6.07) is 4.83. The van der Waals surface area contributed by atoms with Gasteiger partial charge in [-0.05, 0) is 43.3 Å². The van der Waals surface area contributed by atoms with Crippen LogP contribution in [0.15, 0.2) is 24.3 Å². The first-order valence-corrected chi connectivity index (χ1v) is 6.48. The second-order valence-electron chi connectivity index (χ2n) is 4.40. The van der Waals surface area contributed by atoms with E-state index in [1.54, 1.807) is 12.1 Å². The van der Waals surface area contributed by atoms with Crippen LogP contribution in [0.3, 0.4) is 0 Å². The average Bonchev–Trinajstić information content (AvgIpc) is 2.38. The van der Waals surface area contributed by atoms with Crippen LogP contribution in [0.5, 0.6) is 0 Å². The summed E-state index contributed by atoms with van der Waals surface area (Å²) in [6.07, 6.45) is 3.31. The van der Waals surface area contributed by atoms with Crippen LogP contribution in [-0.2, 0) is 11.3 Å². The number of aliphatic carboxylic acids is 1. The van der Waals surface area contributed by atoms with Crippen molar-refractivity contribution in [2.45, 2.75) is 26.8 Å². The highest BCUT2D eigenvalue weighted by molar-refractivity contribution is 5.85. The molecule has 1 aromatic rings. The smallest absolute Gasteiger partial charge is 0.328 e. The van der Waals surface area contributed by atoms with E-state index >= 15 is 0 Å². The second-order valence-corrected chi connectivity index (χ2v) is 4.40. The molecular weight excluding hydrogens is 245 g/mol. The van der Waals surface area contributed by atoms with E-state index in [1.165, 1.54) is 12.1 Å². The van der Waals surface area contributed by atoms with Crippen LogP contribution < -0.4 is 0 Å². The number of benzene rings is 1. The Labute approximate surface area is 113 Å². The Balaban J connectivity index is 2.86. The van der Waals surface area contributed by atoms with Crippen LogP contribution in [0, 0.1) is 5.82 Å². The number of halogens is 1. The van der Waals surface area contributed by atoms with Gasteiger partial charge in [-0.3, -0.25) is 4.90 Å². The fraction of sp³-hybridized carbons (Fsp3) is 0.400. The molecule has 3 nitrogen and oxygen atoms in total. The third-order valence-corrected chi connectivity index (χ3v) is 2.86. The molecule has 0 amide bonds. The molecule has 1 aromatic carbocycles. The van der Waals surface area contributed by atoms with Crippen molar-refractivity contribution >= 4 is 12.0 Å². The van der Waals surface area contributed by atoms with Crippen molar-refractivity contribution in [2.75, 3.05) is 13.1 Å². The highest BCUT2D eigenvalue weighted by Crippen LogP contribution is 2.14. The Hall–Kier alpha value is -1.68. The van der Waals surface area contributed by atoms with E-state index < -0.39 is 11.8 Å². The molecule has 104 valence electrons. The monoisotopic (exact) mass is 265 g/mol. The lowest BCUT2D eigenvalue weighted by Crippen LogP contribution is -2.23. The lowest BCUT2D eigenvalue weighted by molar-refractivity contribution is -0.131. The number of hydrogen-bond donors (Lipinski definition) is 1. The summed E-state index contributed by atoms with van der Waals surface area (Å²) in [6.45, 7) is 6.89. The topological polar surface area (TPSA) is 40.5 Å². The minimum Gasteiger partial charge on any atom is -0.478 e. The number of carboxylic acids is 1. The summed E-state index contributed by atoms with van der Waals surface area (Å²) in [5, 5.41) is 8.57. The van der Waals surface area contributed by atoms with Gasteiger partial charge in [0.05, 0.1) is 0 Å². The Bertz CT molecular complexity index is 457. The predicted molar refractivity (Wildman–Crippen MR) is 74.3 cm³/mol.